The van der Waals surface area contributed by atoms with E-state index in [4.69, 9.17) is 9.84 Å². The molecular formula is C14H32O3. The summed E-state index contributed by atoms with van der Waals surface area (Å²) in [6.07, 6.45) is 0.236. The van der Waals surface area contributed by atoms with Gasteiger partial charge in [0.2, 0.25) is 0 Å². The minimum atomic E-state index is -0.148. The van der Waals surface area contributed by atoms with Gasteiger partial charge in [-0.1, -0.05) is 27.7 Å². The molecule has 0 saturated heterocycles. The average molecular weight is 248 g/mol. The molecule has 0 amide bonds. The molecule has 3 heteroatoms. The van der Waals surface area contributed by atoms with Crippen LogP contribution in [0.3, 0.4) is 0 Å². The molecule has 1 unspecified atom stereocenters. The molecule has 0 spiro atoms. The highest BCUT2D eigenvalue weighted by atomic mass is 16.5. The van der Waals surface area contributed by atoms with Crippen molar-refractivity contribution in [3.63, 3.8) is 0 Å². The Morgan fingerprint density at radius 1 is 1.00 bits per heavy atom. The third kappa shape index (κ3) is 31.3. The van der Waals surface area contributed by atoms with E-state index in [1.807, 2.05) is 41.5 Å². The summed E-state index contributed by atoms with van der Waals surface area (Å²) in [5.74, 6) is 0.880. The van der Waals surface area contributed by atoms with Crippen molar-refractivity contribution in [1.82, 2.24) is 0 Å². The highest BCUT2D eigenvalue weighted by molar-refractivity contribution is 5.77. The number of methoxy groups -OCH3 is 1. The van der Waals surface area contributed by atoms with Crippen LogP contribution >= 0.6 is 0 Å². The van der Waals surface area contributed by atoms with E-state index in [9.17, 15) is 4.79 Å². The Balaban J connectivity index is -0.000000174. The Labute approximate surface area is 108 Å². The molecule has 0 heterocycles. The van der Waals surface area contributed by atoms with Gasteiger partial charge >= 0.3 is 0 Å². The van der Waals surface area contributed by atoms with E-state index in [1.165, 1.54) is 0 Å². The van der Waals surface area contributed by atoms with Crippen molar-refractivity contribution in [2.24, 2.45) is 11.8 Å². The Kier molecular flexibility index (Phi) is 17.5. The van der Waals surface area contributed by atoms with Crippen molar-refractivity contribution >= 4 is 5.78 Å². The fourth-order valence-electron chi connectivity index (χ4n) is 0. The first kappa shape index (κ1) is 21.8. The second-order valence-corrected chi connectivity index (χ2v) is 5.03. The summed E-state index contributed by atoms with van der Waals surface area (Å²) < 4.78 is 4.75. The average Bonchev–Trinajstić information content (AvgIpc) is 2.19. The molecule has 0 fully saturated rings. The van der Waals surface area contributed by atoms with E-state index in [-0.39, 0.29) is 17.8 Å². The number of hydrogen-bond donors (Lipinski definition) is 1. The zero-order valence-corrected chi connectivity index (χ0v) is 13.1. The number of Topliss-reactive ketones (excluding diaryl/α,β-unsaturated/α-hetero) is 1. The van der Waals surface area contributed by atoms with Gasteiger partial charge in [-0.2, -0.15) is 0 Å². The maximum atomic E-state index is 10.1. The third-order valence-electron chi connectivity index (χ3n) is 2.25. The Morgan fingerprint density at radius 3 is 1.18 bits per heavy atom. The highest BCUT2D eigenvalue weighted by Crippen LogP contribution is 1.96. The minimum Gasteiger partial charge on any atom is -0.393 e. The normalized spacial score (nSPS) is 11.6. The molecule has 3 nitrogen and oxygen atoms in total. The van der Waals surface area contributed by atoms with Gasteiger partial charge in [0.05, 0.1) is 12.2 Å². The maximum absolute atomic E-state index is 10.1. The number of hydrogen-bond acceptors (Lipinski definition) is 3. The molecule has 1 atom stereocenters. The van der Waals surface area contributed by atoms with E-state index in [1.54, 1.807) is 21.0 Å². The van der Waals surface area contributed by atoms with E-state index < -0.39 is 0 Å². The number of carbonyl (C=O) groups is 1. The monoisotopic (exact) mass is 248 g/mol. The van der Waals surface area contributed by atoms with Crippen LogP contribution in [0.4, 0.5) is 0 Å². The number of rotatable bonds is 3. The molecule has 0 aromatic rings. The standard InChI is InChI=1S/C5H12O.C5H10O.C4H10O/c2*1-4(2)5(3)6;1-4(2)5-3/h4-6H,1-3H3;4H,1-3H3;4H,1-3H3. The van der Waals surface area contributed by atoms with Crippen molar-refractivity contribution in [1.29, 1.82) is 0 Å². The van der Waals surface area contributed by atoms with Gasteiger partial charge in [-0.05, 0) is 33.6 Å². The third-order valence-corrected chi connectivity index (χ3v) is 2.25. The summed E-state index contributed by atoms with van der Waals surface area (Å²) in [6, 6.07) is 0. The molecule has 0 radical (unpaired) electrons. The van der Waals surface area contributed by atoms with Crippen molar-refractivity contribution in [2.75, 3.05) is 7.11 Å². The number of ketones is 1. The second-order valence-electron chi connectivity index (χ2n) is 5.03. The molecule has 106 valence electrons. The molecule has 0 saturated carbocycles. The van der Waals surface area contributed by atoms with Crippen molar-refractivity contribution in [2.45, 2.75) is 67.6 Å². The quantitative estimate of drug-likeness (QED) is 0.833. The van der Waals surface area contributed by atoms with Crippen LogP contribution in [-0.2, 0) is 9.53 Å². The van der Waals surface area contributed by atoms with Gasteiger partial charge in [0.1, 0.15) is 5.78 Å². The number of ether oxygens (including phenoxy) is 1. The Hall–Kier alpha value is -0.410. The van der Waals surface area contributed by atoms with Gasteiger partial charge in [-0.15, -0.1) is 0 Å². The summed E-state index contributed by atoms with van der Waals surface area (Å²) in [5, 5.41) is 8.63. The molecular weight excluding hydrogens is 216 g/mol. The van der Waals surface area contributed by atoms with Gasteiger partial charge in [-0.25, -0.2) is 0 Å². The van der Waals surface area contributed by atoms with E-state index in [0.29, 0.717) is 12.0 Å². The summed E-state index contributed by atoms with van der Waals surface area (Å²) in [5.41, 5.74) is 0. The Morgan fingerprint density at radius 2 is 1.18 bits per heavy atom. The van der Waals surface area contributed by atoms with E-state index in [0.717, 1.165) is 0 Å². The molecule has 0 aliphatic carbocycles. The first-order valence-corrected chi connectivity index (χ1v) is 6.27. The first-order chi connectivity index (χ1) is 7.56. The van der Waals surface area contributed by atoms with Crippen LogP contribution in [-0.4, -0.2) is 30.2 Å². The summed E-state index contributed by atoms with van der Waals surface area (Å²) >= 11 is 0. The number of carbonyl (C=O) groups excluding carboxylic acids is 1. The van der Waals surface area contributed by atoms with Gasteiger partial charge in [0.15, 0.2) is 0 Å². The van der Waals surface area contributed by atoms with Crippen molar-refractivity contribution < 1.29 is 14.6 Å². The number of aliphatic hydroxyl groups is 1. The summed E-state index contributed by atoms with van der Waals surface area (Å²) in [4.78, 5) is 10.1. The predicted molar refractivity (Wildman–Crippen MR) is 74.2 cm³/mol. The summed E-state index contributed by atoms with van der Waals surface area (Å²) in [7, 11) is 1.70. The lowest BCUT2D eigenvalue weighted by molar-refractivity contribution is -0.119. The lowest BCUT2D eigenvalue weighted by Gasteiger charge is -2.04. The van der Waals surface area contributed by atoms with E-state index >= 15 is 0 Å². The highest BCUT2D eigenvalue weighted by Gasteiger charge is 1.97. The van der Waals surface area contributed by atoms with Crippen LogP contribution in [0.2, 0.25) is 0 Å². The lowest BCUT2D eigenvalue weighted by Crippen LogP contribution is -2.07. The fraction of sp³-hybridized carbons (Fsp3) is 0.929. The minimum absolute atomic E-state index is 0.148. The van der Waals surface area contributed by atoms with Crippen LogP contribution in [0.1, 0.15) is 55.4 Å². The van der Waals surface area contributed by atoms with Crippen molar-refractivity contribution in [3.8, 4) is 0 Å². The van der Waals surface area contributed by atoms with Crippen LogP contribution < -0.4 is 0 Å². The number of aliphatic hydroxyl groups excluding tert-OH is 1. The molecule has 0 aromatic carbocycles. The topological polar surface area (TPSA) is 46.5 Å². The molecule has 17 heavy (non-hydrogen) atoms. The SMILES string of the molecule is CC(=O)C(C)C.CC(C)C(C)O.COC(C)C. The summed E-state index contributed by atoms with van der Waals surface area (Å²) in [6.45, 7) is 15.2. The lowest BCUT2D eigenvalue weighted by atomic mass is 10.1. The van der Waals surface area contributed by atoms with Gasteiger partial charge < -0.3 is 9.84 Å². The van der Waals surface area contributed by atoms with Crippen LogP contribution in [0.15, 0.2) is 0 Å². The second kappa shape index (κ2) is 13.7. The zero-order valence-electron chi connectivity index (χ0n) is 13.1. The molecule has 0 bridgehead atoms. The van der Waals surface area contributed by atoms with Gasteiger partial charge in [0, 0.05) is 13.0 Å². The van der Waals surface area contributed by atoms with Crippen molar-refractivity contribution in [3.05, 3.63) is 0 Å². The molecule has 1 N–H and O–H groups in total. The Bertz CT molecular complexity index is 155. The van der Waals surface area contributed by atoms with Gasteiger partial charge in [-0.3, -0.25) is 4.79 Å². The fourth-order valence-corrected chi connectivity index (χ4v) is 0. The smallest absolute Gasteiger partial charge is 0.132 e. The van der Waals surface area contributed by atoms with Crippen LogP contribution in [0.5, 0.6) is 0 Å². The molecule has 0 aromatic heterocycles. The molecule has 0 rings (SSSR count). The molecule has 0 aliphatic heterocycles. The maximum Gasteiger partial charge on any atom is 0.132 e. The first-order valence-electron chi connectivity index (χ1n) is 6.27. The largest absolute Gasteiger partial charge is 0.393 e. The van der Waals surface area contributed by atoms with Gasteiger partial charge in [0.25, 0.3) is 0 Å². The van der Waals surface area contributed by atoms with Crippen LogP contribution in [0.25, 0.3) is 0 Å². The zero-order chi connectivity index (χ0) is 14.6. The predicted octanol–water partition coefficient (Wildman–Crippen LogP) is 3.30. The molecule has 0 aliphatic rings. The van der Waals surface area contributed by atoms with Crippen LogP contribution in [0, 0.1) is 11.8 Å². The van der Waals surface area contributed by atoms with E-state index in [2.05, 4.69) is 0 Å².